The second kappa shape index (κ2) is 8.66. The van der Waals surface area contributed by atoms with Gasteiger partial charge in [0, 0.05) is 12.5 Å². The highest BCUT2D eigenvalue weighted by atomic mass is 35.5. The number of nitrogens with zero attached hydrogens (tertiary/aromatic N) is 2. The van der Waals surface area contributed by atoms with E-state index in [-0.39, 0.29) is 22.4 Å². The highest BCUT2D eigenvalue weighted by Gasteiger charge is 2.57. The number of nitrogens with one attached hydrogen (secondary N) is 3. The van der Waals surface area contributed by atoms with Gasteiger partial charge in [-0.1, -0.05) is 5.16 Å². The van der Waals surface area contributed by atoms with Crippen LogP contribution in [0, 0.1) is 0 Å². The predicted octanol–water partition coefficient (Wildman–Crippen LogP) is -0.0513. The predicted molar refractivity (Wildman–Crippen MR) is 98.3 cm³/mol. The summed E-state index contributed by atoms with van der Waals surface area (Å²) in [5.74, 6) is -1.86. The van der Waals surface area contributed by atoms with Crippen LogP contribution in [0.25, 0.3) is 0 Å². The standard InChI is InChI=1S/C13H16ClN5O5S2/c1-23-13(10(22)17-11(13)25-3)18-9(21)8(19-24-2)6-5-26-12(15-6)16-7(20)4-14/h5,11H,4H2,1-3H3,(H,17,22)(H,18,21)(H,15,16,20)/t11-,13-/m1/s1. The van der Waals surface area contributed by atoms with E-state index in [1.807, 2.05) is 0 Å². The van der Waals surface area contributed by atoms with Crippen LogP contribution in [-0.4, -0.2) is 65.9 Å². The van der Waals surface area contributed by atoms with Gasteiger partial charge in [-0.05, 0) is 6.26 Å². The average Bonchev–Trinajstić information content (AvgIpc) is 3.09. The number of oxime groups is 1. The zero-order valence-corrected chi connectivity index (χ0v) is 16.4. The fourth-order valence-electron chi connectivity index (χ4n) is 2.08. The summed E-state index contributed by atoms with van der Waals surface area (Å²) in [5, 5.41) is 12.6. The molecule has 0 spiro atoms. The Labute approximate surface area is 162 Å². The van der Waals surface area contributed by atoms with Crippen molar-refractivity contribution in [2.24, 2.45) is 5.16 Å². The van der Waals surface area contributed by atoms with Gasteiger partial charge in [0.1, 0.15) is 24.1 Å². The molecule has 3 N–H and O–H groups in total. The van der Waals surface area contributed by atoms with Crippen molar-refractivity contribution in [1.82, 2.24) is 15.6 Å². The molecule has 0 radical (unpaired) electrons. The van der Waals surface area contributed by atoms with Crippen LogP contribution in [0.3, 0.4) is 0 Å². The number of thiazole rings is 1. The zero-order chi connectivity index (χ0) is 19.3. The number of halogens is 1. The van der Waals surface area contributed by atoms with E-state index in [4.69, 9.17) is 21.2 Å². The molecule has 0 saturated carbocycles. The lowest BCUT2D eigenvalue weighted by Gasteiger charge is -2.46. The van der Waals surface area contributed by atoms with Gasteiger partial charge in [-0.15, -0.1) is 34.7 Å². The Hall–Kier alpha value is -1.89. The van der Waals surface area contributed by atoms with Crippen LogP contribution in [0.2, 0.25) is 0 Å². The summed E-state index contributed by atoms with van der Waals surface area (Å²) in [5.41, 5.74) is -1.53. The summed E-state index contributed by atoms with van der Waals surface area (Å²) < 4.78 is 5.25. The molecule has 0 aliphatic carbocycles. The maximum Gasteiger partial charge on any atom is 0.278 e. The van der Waals surface area contributed by atoms with Crippen molar-refractivity contribution in [2.75, 3.05) is 31.7 Å². The molecule has 1 aromatic heterocycles. The smallest absolute Gasteiger partial charge is 0.278 e. The Balaban J connectivity index is 2.22. The van der Waals surface area contributed by atoms with E-state index in [2.05, 4.69) is 26.1 Å². The molecule has 3 amide bonds. The summed E-state index contributed by atoms with van der Waals surface area (Å²) in [4.78, 5) is 44.8. The summed E-state index contributed by atoms with van der Waals surface area (Å²) >= 11 is 7.81. The molecule has 1 fully saturated rings. The van der Waals surface area contributed by atoms with E-state index >= 15 is 0 Å². The largest absolute Gasteiger partial charge is 0.398 e. The summed E-state index contributed by atoms with van der Waals surface area (Å²) in [6, 6.07) is 0. The van der Waals surface area contributed by atoms with E-state index in [0.29, 0.717) is 0 Å². The molecule has 10 nitrogen and oxygen atoms in total. The lowest BCUT2D eigenvalue weighted by Crippen LogP contribution is -2.79. The van der Waals surface area contributed by atoms with Crippen LogP contribution in [0.5, 0.6) is 0 Å². The molecule has 2 atom stereocenters. The molecule has 0 bridgehead atoms. The minimum Gasteiger partial charge on any atom is -0.398 e. The summed E-state index contributed by atoms with van der Waals surface area (Å²) in [6.45, 7) is 0. The van der Waals surface area contributed by atoms with Crippen LogP contribution in [0.4, 0.5) is 5.13 Å². The summed E-state index contributed by atoms with van der Waals surface area (Å²) in [6.07, 6.45) is 1.76. The molecule has 0 aromatic carbocycles. The van der Waals surface area contributed by atoms with Crippen LogP contribution in [0.15, 0.2) is 10.5 Å². The number of amides is 3. The number of rotatable bonds is 8. The van der Waals surface area contributed by atoms with Gasteiger partial charge in [-0.25, -0.2) is 4.98 Å². The number of alkyl halides is 1. The van der Waals surface area contributed by atoms with E-state index < -0.39 is 28.8 Å². The van der Waals surface area contributed by atoms with Gasteiger partial charge in [0.2, 0.25) is 5.91 Å². The van der Waals surface area contributed by atoms with Crippen molar-refractivity contribution in [2.45, 2.75) is 11.1 Å². The van der Waals surface area contributed by atoms with Crippen LogP contribution in [-0.2, 0) is 24.0 Å². The minimum absolute atomic E-state index is 0.158. The maximum absolute atomic E-state index is 12.7. The van der Waals surface area contributed by atoms with Gasteiger partial charge >= 0.3 is 0 Å². The summed E-state index contributed by atoms with van der Waals surface area (Å²) in [7, 11) is 2.58. The minimum atomic E-state index is -1.52. The first-order chi connectivity index (χ1) is 12.4. The number of hydrogen-bond acceptors (Lipinski definition) is 9. The molecule has 1 aromatic rings. The van der Waals surface area contributed by atoms with Crippen molar-refractivity contribution < 1.29 is 24.0 Å². The van der Waals surface area contributed by atoms with E-state index in [1.54, 1.807) is 6.26 Å². The SMILES string of the molecule is CON=C(C(=O)N[C@@]1(OC)C(=O)N[C@@H]1SC)c1csc(NC(=O)CCl)n1. The van der Waals surface area contributed by atoms with Gasteiger partial charge < -0.3 is 25.5 Å². The topological polar surface area (TPSA) is 131 Å². The number of carbonyl (C=O) groups excluding carboxylic acids is 3. The molecule has 2 rings (SSSR count). The Kier molecular flexibility index (Phi) is 6.81. The molecule has 26 heavy (non-hydrogen) atoms. The van der Waals surface area contributed by atoms with E-state index in [1.165, 1.54) is 31.4 Å². The Morgan fingerprint density at radius 3 is 2.81 bits per heavy atom. The van der Waals surface area contributed by atoms with Crippen molar-refractivity contribution in [1.29, 1.82) is 0 Å². The first-order valence-electron chi connectivity index (χ1n) is 7.06. The molecule has 13 heteroatoms. The number of aromatic nitrogens is 1. The number of carbonyl (C=O) groups is 3. The highest BCUT2D eigenvalue weighted by Crippen LogP contribution is 2.29. The number of thioether (sulfide) groups is 1. The quantitative estimate of drug-likeness (QED) is 0.176. The van der Waals surface area contributed by atoms with Crippen molar-refractivity contribution in [3.63, 3.8) is 0 Å². The average molecular weight is 422 g/mol. The third-order valence-corrected chi connectivity index (χ3v) is 5.26. The fourth-order valence-corrected chi connectivity index (χ4v) is 3.68. The van der Waals surface area contributed by atoms with Crippen LogP contribution >= 0.6 is 34.7 Å². The third kappa shape index (κ3) is 3.92. The Morgan fingerprint density at radius 1 is 1.54 bits per heavy atom. The fraction of sp³-hybridized carbons (Fsp3) is 0.462. The Morgan fingerprint density at radius 2 is 2.27 bits per heavy atom. The third-order valence-electron chi connectivity index (χ3n) is 3.34. The van der Waals surface area contributed by atoms with Crippen molar-refractivity contribution >= 4 is 63.3 Å². The van der Waals surface area contributed by atoms with Gasteiger partial charge in [0.05, 0.1) is 0 Å². The van der Waals surface area contributed by atoms with Crippen molar-refractivity contribution in [3.8, 4) is 0 Å². The maximum atomic E-state index is 12.7. The molecule has 1 aliphatic rings. The van der Waals surface area contributed by atoms with Gasteiger partial charge in [0.25, 0.3) is 17.5 Å². The van der Waals surface area contributed by atoms with Crippen LogP contribution in [0.1, 0.15) is 5.69 Å². The molecular weight excluding hydrogens is 406 g/mol. The van der Waals surface area contributed by atoms with E-state index in [9.17, 15) is 14.4 Å². The monoisotopic (exact) mass is 421 g/mol. The van der Waals surface area contributed by atoms with Gasteiger partial charge in [0.15, 0.2) is 10.8 Å². The van der Waals surface area contributed by atoms with E-state index in [0.717, 1.165) is 11.3 Å². The number of methoxy groups -OCH3 is 1. The second-order valence-corrected chi connectivity index (χ2v) is 6.89. The number of ether oxygens (including phenoxy) is 1. The molecular formula is C13H16ClN5O5S2. The molecule has 1 saturated heterocycles. The van der Waals surface area contributed by atoms with Crippen molar-refractivity contribution in [3.05, 3.63) is 11.1 Å². The van der Waals surface area contributed by atoms with Gasteiger partial charge in [-0.3, -0.25) is 14.4 Å². The molecule has 1 aliphatic heterocycles. The number of β-lactam (4-membered cyclic amide) rings is 1. The van der Waals surface area contributed by atoms with Gasteiger partial charge in [-0.2, -0.15) is 0 Å². The lowest BCUT2D eigenvalue weighted by molar-refractivity contribution is -0.168. The molecule has 2 heterocycles. The second-order valence-electron chi connectivity index (χ2n) is 4.83. The first kappa shape index (κ1) is 20.4. The van der Waals surface area contributed by atoms with Crippen LogP contribution < -0.4 is 16.0 Å². The zero-order valence-electron chi connectivity index (χ0n) is 14.0. The number of anilines is 1. The first-order valence-corrected chi connectivity index (χ1v) is 9.76. The normalized spacial score (nSPS) is 22.2. The highest BCUT2D eigenvalue weighted by molar-refractivity contribution is 7.99. The molecule has 142 valence electrons. The Bertz CT molecular complexity index is 742. The molecule has 0 unspecified atom stereocenters. The number of hydrogen-bond donors (Lipinski definition) is 3. The lowest BCUT2D eigenvalue weighted by atomic mass is 10.1.